The number of nitrogens with one attached hydrogen (secondary N) is 1. The van der Waals surface area contributed by atoms with E-state index in [1.54, 1.807) is 0 Å². The third-order valence-electron chi connectivity index (χ3n) is 4.96. The van der Waals surface area contributed by atoms with Gasteiger partial charge in [-0.05, 0) is 57.7 Å². The zero-order valence-electron chi connectivity index (χ0n) is 12.3. The first-order valence-corrected chi connectivity index (χ1v) is 10.3. The van der Waals surface area contributed by atoms with Gasteiger partial charge in [-0.3, -0.25) is 0 Å². The Morgan fingerprint density at radius 1 is 1.32 bits per heavy atom. The second-order valence-corrected chi connectivity index (χ2v) is 10.4. The average molecular weight is 306 g/mol. The Hall–Kier alpha value is 0.260. The topological polar surface area (TPSA) is 46.2 Å². The Morgan fingerprint density at radius 2 is 2.05 bits per heavy atom. The summed E-state index contributed by atoms with van der Waals surface area (Å²) in [7, 11) is -0.838. The van der Waals surface area contributed by atoms with Crippen LogP contribution in [0, 0.1) is 5.92 Å². The van der Waals surface area contributed by atoms with Gasteiger partial charge < -0.3 is 5.32 Å². The Bertz CT molecular complexity index is 402. The molecular weight excluding hydrogens is 278 g/mol. The molecule has 0 radical (unpaired) electrons. The Balaban J connectivity index is 2.10. The number of thioether (sulfide) groups is 1. The summed E-state index contributed by atoms with van der Waals surface area (Å²) in [6, 6.07) is 0.449. The maximum absolute atomic E-state index is 11.8. The van der Waals surface area contributed by atoms with Gasteiger partial charge in [0.25, 0.3) is 0 Å². The van der Waals surface area contributed by atoms with Crippen molar-refractivity contribution in [1.82, 2.24) is 5.32 Å². The maximum atomic E-state index is 11.8. The molecule has 2 rings (SSSR count). The van der Waals surface area contributed by atoms with E-state index in [2.05, 4.69) is 24.0 Å². The van der Waals surface area contributed by atoms with Crippen LogP contribution in [0.25, 0.3) is 0 Å². The van der Waals surface area contributed by atoms with Gasteiger partial charge in [0.1, 0.15) is 9.84 Å². The highest BCUT2D eigenvalue weighted by atomic mass is 32.2. The smallest absolute Gasteiger partial charge is 0.150 e. The van der Waals surface area contributed by atoms with E-state index in [0.29, 0.717) is 16.7 Å². The van der Waals surface area contributed by atoms with Crippen LogP contribution in [-0.2, 0) is 9.84 Å². The lowest BCUT2D eigenvalue weighted by Gasteiger charge is -2.42. The fraction of sp³-hybridized carbons (Fsp3) is 1.00. The molecule has 0 aromatic rings. The lowest BCUT2D eigenvalue weighted by molar-refractivity contribution is 0.239. The quantitative estimate of drug-likeness (QED) is 0.867. The van der Waals surface area contributed by atoms with Gasteiger partial charge in [0.2, 0.25) is 0 Å². The van der Waals surface area contributed by atoms with Crippen molar-refractivity contribution in [3.05, 3.63) is 0 Å². The predicted octanol–water partition coefficient (Wildman–Crippen LogP) is 2.46. The molecule has 4 unspecified atom stereocenters. The molecule has 2 fully saturated rings. The van der Waals surface area contributed by atoms with Gasteiger partial charge in [-0.2, -0.15) is 11.8 Å². The van der Waals surface area contributed by atoms with E-state index >= 15 is 0 Å². The van der Waals surface area contributed by atoms with Crippen molar-refractivity contribution in [3.8, 4) is 0 Å². The molecule has 0 bridgehead atoms. The zero-order valence-corrected chi connectivity index (χ0v) is 13.9. The molecule has 112 valence electrons. The normalized spacial score (nSPS) is 38.3. The molecule has 0 aromatic heterocycles. The Labute approximate surface area is 122 Å². The van der Waals surface area contributed by atoms with Gasteiger partial charge in [0.15, 0.2) is 0 Å². The fourth-order valence-electron chi connectivity index (χ4n) is 3.96. The molecular formula is C14H27NO2S2. The molecule has 1 saturated heterocycles. The van der Waals surface area contributed by atoms with Crippen molar-refractivity contribution in [1.29, 1.82) is 0 Å². The molecule has 1 aliphatic carbocycles. The number of hydrogen-bond donors (Lipinski definition) is 1. The third-order valence-corrected chi connectivity index (χ3v) is 8.21. The second-order valence-electron chi connectivity index (χ2n) is 6.41. The van der Waals surface area contributed by atoms with Crippen molar-refractivity contribution >= 4 is 21.6 Å². The van der Waals surface area contributed by atoms with E-state index in [1.807, 2.05) is 7.05 Å². The van der Waals surface area contributed by atoms with E-state index in [9.17, 15) is 8.42 Å². The summed E-state index contributed by atoms with van der Waals surface area (Å²) in [5.41, 5.74) is 0. The fourth-order valence-corrected chi connectivity index (χ4v) is 6.68. The number of sulfone groups is 1. The summed E-state index contributed by atoms with van der Waals surface area (Å²) in [5, 5.41) is 3.40. The minimum absolute atomic E-state index is 0.114. The van der Waals surface area contributed by atoms with Crippen LogP contribution in [0.4, 0.5) is 0 Å². The highest BCUT2D eigenvalue weighted by Crippen LogP contribution is 2.45. The van der Waals surface area contributed by atoms with Crippen LogP contribution < -0.4 is 5.32 Å². The van der Waals surface area contributed by atoms with E-state index < -0.39 is 9.84 Å². The van der Waals surface area contributed by atoms with Crippen LogP contribution in [0.1, 0.15) is 45.4 Å². The van der Waals surface area contributed by atoms with E-state index in [-0.39, 0.29) is 5.25 Å². The van der Waals surface area contributed by atoms with Gasteiger partial charge in [0.05, 0.1) is 5.25 Å². The summed E-state index contributed by atoms with van der Waals surface area (Å²) in [4.78, 5) is 0. The first kappa shape index (κ1) is 15.6. The average Bonchev–Trinajstić information content (AvgIpc) is 2.77. The summed E-state index contributed by atoms with van der Waals surface area (Å²) in [6.45, 7) is 2.36. The second kappa shape index (κ2) is 5.94. The van der Waals surface area contributed by atoms with Gasteiger partial charge in [-0.25, -0.2) is 8.42 Å². The Morgan fingerprint density at radius 3 is 2.58 bits per heavy atom. The van der Waals surface area contributed by atoms with Crippen molar-refractivity contribution in [2.45, 2.75) is 61.5 Å². The molecule has 0 spiro atoms. The van der Waals surface area contributed by atoms with Crippen LogP contribution in [0.5, 0.6) is 0 Å². The van der Waals surface area contributed by atoms with Crippen molar-refractivity contribution in [3.63, 3.8) is 0 Å². The van der Waals surface area contributed by atoms with Crippen molar-refractivity contribution in [2.75, 3.05) is 19.1 Å². The molecule has 1 saturated carbocycles. The molecule has 19 heavy (non-hydrogen) atoms. The van der Waals surface area contributed by atoms with Crippen LogP contribution in [0.2, 0.25) is 0 Å². The largest absolute Gasteiger partial charge is 0.315 e. The molecule has 1 aliphatic heterocycles. The van der Waals surface area contributed by atoms with Crippen LogP contribution >= 0.6 is 11.8 Å². The number of rotatable bonds is 4. The van der Waals surface area contributed by atoms with Crippen LogP contribution in [0.3, 0.4) is 0 Å². The minimum atomic E-state index is -2.88. The molecule has 0 amide bonds. The van der Waals surface area contributed by atoms with Crippen LogP contribution in [-0.4, -0.2) is 43.5 Å². The van der Waals surface area contributed by atoms with E-state index in [1.165, 1.54) is 31.3 Å². The molecule has 1 N–H and O–H groups in total. The van der Waals surface area contributed by atoms with Crippen molar-refractivity contribution < 1.29 is 8.42 Å². The van der Waals surface area contributed by atoms with Gasteiger partial charge in [0, 0.05) is 17.0 Å². The van der Waals surface area contributed by atoms with Gasteiger partial charge in [-0.15, -0.1) is 0 Å². The summed E-state index contributed by atoms with van der Waals surface area (Å²) < 4.78 is 23.9. The molecule has 4 atom stereocenters. The lowest BCUT2D eigenvalue weighted by Crippen LogP contribution is -2.50. The SMILES string of the molecule is CNC(C1CCCC(S(C)(=O)=O)C1)C1(C)CCCS1. The molecule has 2 aliphatic rings. The third kappa shape index (κ3) is 3.48. The summed E-state index contributed by atoms with van der Waals surface area (Å²) in [6.07, 6.45) is 7.89. The first-order chi connectivity index (χ1) is 8.87. The van der Waals surface area contributed by atoms with E-state index in [4.69, 9.17) is 0 Å². The van der Waals surface area contributed by atoms with Gasteiger partial charge >= 0.3 is 0 Å². The highest BCUT2D eigenvalue weighted by molar-refractivity contribution is 8.00. The monoisotopic (exact) mass is 305 g/mol. The van der Waals surface area contributed by atoms with Gasteiger partial charge in [-0.1, -0.05) is 6.42 Å². The molecule has 0 aromatic carbocycles. The zero-order chi connectivity index (χ0) is 14.1. The molecule has 5 heteroatoms. The number of hydrogen-bond acceptors (Lipinski definition) is 4. The van der Waals surface area contributed by atoms with E-state index in [0.717, 1.165) is 19.3 Å². The Kier molecular flexibility index (Phi) is 4.89. The maximum Gasteiger partial charge on any atom is 0.150 e. The summed E-state index contributed by atoms with van der Waals surface area (Å²) >= 11 is 2.07. The standard InChI is InChI=1S/C14H27NO2S2/c1-14(8-5-9-18-14)13(15-2)11-6-4-7-12(10-11)19(3,16)17/h11-13,15H,4-10H2,1-3H3. The highest BCUT2D eigenvalue weighted by Gasteiger charge is 2.43. The van der Waals surface area contributed by atoms with Crippen molar-refractivity contribution in [2.24, 2.45) is 5.92 Å². The lowest BCUT2D eigenvalue weighted by atomic mass is 9.77. The molecule has 1 heterocycles. The van der Waals surface area contributed by atoms with Crippen LogP contribution in [0.15, 0.2) is 0 Å². The first-order valence-electron chi connectivity index (χ1n) is 7.37. The minimum Gasteiger partial charge on any atom is -0.315 e. The molecule has 3 nitrogen and oxygen atoms in total. The predicted molar refractivity (Wildman–Crippen MR) is 83.5 cm³/mol. The summed E-state index contributed by atoms with van der Waals surface area (Å²) in [5.74, 6) is 1.76.